The Balaban J connectivity index is 1.95. The number of anilines is 1. The Morgan fingerprint density at radius 2 is 2.05 bits per heavy atom. The molecule has 1 fully saturated rings. The Morgan fingerprint density at radius 1 is 1.38 bits per heavy atom. The number of hydrogen-bond acceptors (Lipinski definition) is 4. The second kappa shape index (κ2) is 6.17. The standard InChI is InChI=1S/C12H15F3N4O2/c13-12(14,15)8-1-4-16-10(7-8)19-5-2-9(3-6-19)17-18-11(20)21/h1,4,7,9,17-18H,2-3,5-6H2,(H,20,21). The van der Waals surface area contributed by atoms with Crippen LogP contribution in [0.25, 0.3) is 0 Å². The van der Waals surface area contributed by atoms with Gasteiger partial charge >= 0.3 is 12.3 Å². The molecule has 0 aromatic carbocycles. The van der Waals surface area contributed by atoms with E-state index >= 15 is 0 Å². The summed E-state index contributed by atoms with van der Waals surface area (Å²) in [6, 6.07) is 1.93. The largest absolute Gasteiger partial charge is 0.464 e. The van der Waals surface area contributed by atoms with E-state index in [9.17, 15) is 18.0 Å². The van der Waals surface area contributed by atoms with Crippen LogP contribution >= 0.6 is 0 Å². The smallest absolute Gasteiger partial charge is 0.419 e. The molecule has 116 valence electrons. The van der Waals surface area contributed by atoms with Crippen molar-refractivity contribution in [2.75, 3.05) is 18.0 Å². The van der Waals surface area contributed by atoms with Crippen LogP contribution in [-0.4, -0.2) is 35.3 Å². The molecule has 0 spiro atoms. The summed E-state index contributed by atoms with van der Waals surface area (Å²) in [4.78, 5) is 16.1. The van der Waals surface area contributed by atoms with Gasteiger partial charge in [0, 0.05) is 25.3 Å². The van der Waals surface area contributed by atoms with Crippen molar-refractivity contribution < 1.29 is 23.1 Å². The SMILES string of the molecule is O=C(O)NNC1CCN(c2cc(C(F)(F)F)ccn2)CC1. The van der Waals surface area contributed by atoms with Crippen molar-refractivity contribution >= 4 is 11.9 Å². The second-order valence-electron chi connectivity index (χ2n) is 4.74. The number of carbonyl (C=O) groups is 1. The van der Waals surface area contributed by atoms with E-state index in [-0.39, 0.29) is 11.9 Å². The molecule has 6 nitrogen and oxygen atoms in total. The fourth-order valence-corrected chi connectivity index (χ4v) is 2.18. The molecule has 0 radical (unpaired) electrons. The summed E-state index contributed by atoms with van der Waals surface area (Å²) in [6.07, 6.45) is -3.19. The van der Waals surface area contributed by atoms with Crippen LogP contribution in [0.2, 0.25) is 0 Å². The fourth-order valence-electron chi connectivity index (χ4n) is 2.18. The third-order valence-electron chi connectivity index (χ3n) is 3.28. The van der Waals surface area contributed by atoms with Crippen molar-refractivity contribution in [3.05, 3.63) is 23.9 Å². The molecule has 0 saturated carbocycles. The number of nitrogens with zero attached hydrogens (tertiary/aromatic N) is 2. The molecule has 9 heteroatoms. The van der Waals surface area contributed by atoms with Gasteiger partial charge in [-0.15, -0.1) is 0 Å². The molecule has 0 bridgehead atoms. The first kappa shape index (κ1) is 15.4. The molecular formula is C12H15F3N4O2. The van der Waals surface area contributed by atoms with Gasteiger partial charge in [-0.3, -0.25) is 5.43 Å². The van der Waals surface area contributed by atoms with Gasteiger partial charge in [-0.25, -0.2) is 15.2 Å². The monoisotopic (exact) mass is 304 g/mol. The Bertz CT molecular complexity index is 502. The number of carboxylic acid groups (broad SMARTS) is 1. The van der Waals surface area contributed by atoms with E-state index in [1.807, 2.05) is 0 Å². The predicted octanol–water partition coefficient (Wildman–Crippen LogP) is 1.84. The normalized spacial score (nSPS) is 16.8. The number of aromatic nitrogens is 1. The highest BCUT2D eigenvalue weighted by molar-refractivity contribution is 5.63. The zero-order valence-electron chi connectivity index (χ0n) is 11.0. The lowest BCUT2D eigenvalue weighted by molar-refractivity contribution is -0.137. The minimum absolute atomic E-state index is 0.0388. The number of rotatable bonds is 3. The second-order valence-corrected chi connectivity index (χ2v) is 4.74. The summed E-state index contributed by atoms with van der Waals surface area (Å²) in [5.41, 5.74) is 4.01. The van der Waals surface area contributed by atoms with E-state index in [1.165, 1.54) is 0 Å². The molecule has 1 aromatic heterocycles. The number of halogens is 3. The van der Waals surface area contributed by atoms with Crippen LogP contribution < -0.4 is 15.8 Å². The zero-order chi connectivity index (χ0) is 15.5. The third kappa shape index (κ3) is 4.22. The Hall–Kier alpha value is -2.03. The summed E-state index contributed by atoms with van der Waals surface area (Å²) in [6.45, 7) is 1.01. The molecule has 21 heavy (non-hydrogen) atoms. The molecule has 1 aromatic rings. The van der Waals surface area contributed by atoms with E-state index in [2.05, 4.69) is 15.8 Å². The van der Waals surface area contributed by atoms with Crippen LogP contribution in [0.1, 0.15) is 18.4 Å². The topological polar surface area (TPSA) is 77.5 Å². The summed E-state index contributed by atoms with van der Waals surface area (Å²) in [7, 11) is 0. The molecule has 1 saturated heterocycles. The molecule has 3 N–H and O–H groups in total. The number of alkyl halides is 3. The highest BCUT2D eigenvalue weighted by Crippen LogP contribution is 2.31. The maximum absolute atomic E-state index is 12.7. The summed E-state index contributed by atoms with van der Waals surface area (Å²) >= 11 is 0. The highest BCUT2D eigenvalue weighted by Gasteiger charge is 2.31. The lowest BCUT2D eigenvalue weighted by Gasteiger charge is -2.33. The molecule has 1 aliphatic rings. The number of nitrogens with one attached hydrogen (secondary N) is 2. The van der Waals surface area contributed by atoms with Crippen LogP contribution in [0.5, 0.6) is 0 Å². The number of hydrogen-bond donors (Lipinski definition) is 3. The van der Waals surface area contributed by atoms with E-state index in [0.717, 1.165) is 18.3 Å². The first-order valence-corrected chi connectivity index (χ1v) is 6.39. The van der Waals surface area contributed by atoms with Crippen LogP contribution in [0, 0.1) is 0 Å². The third-order valence-corrected chi connectivity index (χ3v) is 3.28. The van der Waals surface area contributed by atoms with Gasteiger partial charge in [0.1, 0.15) is 5.82 Å². The van der Waals surface area contributed by atoms with E-state index < -0.39 is 17.8 Å². The minimum Gasteiger partial charge on any atom is -0.464 e. The number of piperidine rings is 1. The number of hydrazine groups is 1. The average Bonchev–Trinajstić information content (AvgIpc) is 2.45. The van der Waals surface area contributed by atoms with Crippen molar-refractivity contribution in [2.24, 2.45) is 0 Å². The van der Waals surface area contributed by atoms with Gasteiger partial charge in [0.15, 0.2) is 0 Å². The summed E-state index contributed by atoms with van der Waals surface area (Å²) in [5, 5.41) is 8.48. The van der Waals surface area contributed by atoms with Gasteiger partial charge in [0.05, 0.1) is 5.56 Å². The molecule has 1 aliphatic heterocycles. The number of amides is 1. The van der Waals surface area contributed by atoms with Gasteiger partial charge in [0.2, 0.25) is 0 Å². The van der Waals surface area contributed by atoms with Crippen molar-refractivity contribution in [3.8, 4) is 0 Å². The first-order valence-electron chi connectivity index (χ1n) is 6.39. The number of pyridine rings is 1. The van der Waals surface area contributed by atoms with Crippen LogP contribution in [0.3, 0.4) is 0 Å². The Labute approximate surface area is 118 Å². The summed E-state index contributed by atoms with van der Waals surface area (Å²) < 4.78 is 38.0. The van der Waals surface area contributed by atoms with Gasteiger partial charge in [-0.1, -0.05) is 0 Å². The van der Waals surface area contributed by atoms with Gasteiger partial charge in [-0.2, -0.15) is 13.2 Å². The Kier molecular flexibility index (Phi) is 4.51. The lowest BCUT2D eigenvalue weighted by atomic mass is 10.1. The van der Waals surface area contributed by atoms with Crippen LogP contribution in [-0.2, 0) is 6.18 Å². The van der Waals surface area contributed by atoms with Crippen molar-refractivity contribution in [1.82, 2.24) is 15.8 Å². The van der Waals surface area contributed by atoms with Crippen LogP contribution in [0.4, 0.5) is 23.8 Å². The maximum Gasteiger partial charge on any atom is 0.419 e. The van der Waals surface area contributed by atoms with E-state index in [0.29, 0.717) is 25.9 Å². The van der Waals surface area contributed by atoms with Crippen molar-refractivity contribution in [2.45, 2.75) is 25.1 Å². The minimum atomic E-state index is -4.39. The maximum atomic E-state index is 12.7. The molecule has 0 atom stereocenters. The van der Waals surface area contributed by atoms with Crippen molar-refractivity contribution in [1.29, 1.82) is 0 Å². The van der Waals surface area contributed by atoms with E-state index in [1.54, 1.807) is 4.90 Å². The molecular weight excluding hydrogens is 289 g/mol. The molecule has 2 heterocycles. The van der Waals surface area contributed by atoms with E-state index in [4.69, 9.17) is 5.11 Å². The highest BCUT2D eigenvalue weighted by atomic mass is 19.4. The molecule has 2 rings (SSSR count). The lowest BCUT2D eigenvalue weighted by Crippen LogP contribution is -2.49. The predicted molar refractivity (Wildman–Crippen MR) is 68.8 cm³/mol. The molecule has 0 unspecified atom stereocenters. The van der Waals surface area contributed by atoms with Crippen molar-refractivity contribution in [3.63, 3.8) is 0 Å². The molecule has 1 amide bonds. The van der Waals surface area contributed by atoms with Gasteiger partial charge in [0.25, 0.3) is 0 Å². The summed E-state index contributed by atoms with van der Waals surface area (Å²) in [5.74, 6) is 0.287. The first-order chi connectivity index (χ1) is 9.86. The fraction of sp³-hybridized carbons (Fsp3) is 0.500. The Morgan fingerprint density at radius 3 is 2.62 bits per heavy atom. The van der Waals surface area contributed by atoms with Gasteiger partial charge in [-0.05, 0) is 25.0 Å². The molecule has 0 aliphatic carbocycles. The average molecular weight is 304 g/mol. The quantitative estimate of drug-likeness (QED) is 0.743. The zero-order valence-corrected chi connectivity index (χ0v) is 11.0. The van der Waals surface area contributed by atoms with Crippen LogP contribution in [0.15, 0.2) is 18.3 Å². The van der Waals surface area contributed by atoms with Gasteiger partial charge < -0.3 is 10.0 Å².